The van der Waals surface area contributed by atoms with Crippen molar-refractivity contribution in [1.29, 1.82) is 0 Å². The summed E-state index contributed by atoms with van der Waals surface area (Å²) in [7, 11) is 0. The van der Waals surface area contributed by atoms with E-state index in [1.165, 1.54) is 4.57 Å². The van der Waals surface area contributed by atoms with E-state index < -0.39 is 11.2 Å². The molecule has 25 heavy (non-hydrogen) atoms. The summed E-state index contributed by atoms with van der Waals surface area (Å²) in [6.07, 6.45) is 2.76. The number of pyridine rings is 1. The molecule has 0 atom stereocenters. The summed E-state index contributed by atoms with van der Waals surface area (Å²) in [6.45, 7) is 4.68. The van der Waals surface area contributed by atoms with Crippen LogP contribution in [0.3, 0.4) is 0 Å². The summed E-state index contributed by atoms with van der Waals surface area (Å²) in [4.78, 5) is 29.4. The Balaban J connectivity index is 2.40. The lowest BCUT2D eigenvalue weighted by Gasteiger charge is -2.17. The van der Waals surface area contributed by atoms with Crippen molar-refractivity contribution in [2.45, 2.75) is 46.3 Å². The smallest absolute Gasteiger partial charge is 0.332 e. The molecule has 2 aromatic heterocycles. The van der Waals surface area contributed by atoms with E-state index >= 15 is 0 Å². The SMILES string of the molecule is CCCn1c(N)c(NCc2ccc(C)nc2)c(=O)n(CCCO)c1=O. The fourth-order valence-corrected chi connectivity index (χ4v) is 2.54. The number of anilines is 2. The molecule has 4 N–H and O–H groups in total. The topological polar surface area (TPSA) is 115 Å². The Bertz CT molecular complexity index is 824. The van der Waals surface area contributed by atoms with Gasteiger partial charge in [-0.25, -0.2) is 4.79 Å². The van der Waals surface area contributed by atoms with Gasteiger partial charge in [0.25, 0.3) is 5.56 Å². The molecule has 136 valence electrons. The van der Waals surface area contributed by atoms with E-state index in [1.807, 2.05) is 26.0 Å². The Morgan fingerprint density at radius 2 is 2.00 bits per heavy atom. The van der Waals surface area contributed by atoms with Crippen LogP contribution < -0.4 is 22.3 Å². The largest absolute Gasteiger partial charge is 0.396 e. The van der Waals surface area contributed by atoms with Gasteiger partial charge >= 0.3 is 5.69 Å². The standard InChI is InChI=1S/C17H25N5O3/c1-3-7-21-15(18)14(16(24)22(17(21)25)8-4-9-23)20-11-13-6-5-12(2)19-10-13/h5-6,10,20,23H,3-4,7-9,11,18H2,1-2H3. The molecular weight excluding hydrogens is 322 g/mol. The van der Waals surface area contributed by atoms with E-state index in [9.17, 15) is 9.59 Å². The maximum Gasteiger partial charge on any atom is 0.332 e. The average Bonchev–Trinajstić information content (AvgIpc) is 2.60. The van der Waals surface area contributed by atoms with Crippen molar-refractivity contribution >= 4 is 11.5 Å². The Morgan fingerprint density at radius 3 is 2.60 bits per heavy atom. The molecule has 0 saturated heterocycles. The second-order valence-electron chi connectivity index (χ2n) is 5.89. The van der Waals surface area contributed by atoms with Gasteiger partial charge < -0.3 is 16.2 Å². The molecule has 2 heterocycles. The van der Waals surface area contributed by atoms with E-state index in [0.717, 1.165) is 15.8 Å². The first kappa shape index (κ1) is 18.7. The Labute approximate surface area is 145 Å². The first-order chi connectivity index (χ1) is 12.0. The molecule has 0 aliphatic carbocycles. The van der Waals surface area contributed by atoms with E-state index in [1.54, 1.807) is 6.20 Å². The lowest BCUT2D eigenvalue weighted by Crippen LogP contribution is -2.42. The van der Waals surface area contributed by atoms with E-state index in [2.05, 4.69) is 10.3 Å². The van der Waals surface area contributed by atoms with Gasteiger partial charge in [-0.15, -0.1) is 0 Å². The zero-order chi connectivity index (χ0) is 18.4. The van der Waals surface area contributed by atoms with Crippen LogP contribution in [-0.2, 0) is 19.6 Å². The fourth-order valence-electron chi connectivity index (χ4n) is 2.54. The number of hydrogen-bond donors (Lipinski definition) is 3. The summed E-state index contributed by atoms with van der Waals surface area (Å²) >= 11 is 0. The number of nitrogens with one attached hydrogen (secondary N) is 1. The summed E-state index contributed by atoms with van der Waals surface area (Å²) in [5.74, 6) is 0.136. The van der Waals surface area contributed by atoms with Crippen molar-refractivity contribution in [1.82, 2.24) is 14.1 Å². The van der Waals surface area contributed by atoms with Gasteiger partial charge in [0.05, 0.1) is 0 Å². The van der Waals surface area contributed by atoms with Crippen LogP contribution >= 0.6 is 0 Å². The quantitative estimate of drug-likeness (QED) is 0.647. The van der Waals surface area contributed by atoms with Crippen LogP contribution in [0, 0.1) is 6.92 Å². The summed E-state index contributed by atoms with van der Waals surface area (Å²) < 4.78 is 2.52. The minimum atomic E-state index is -0.469. The van der Waals surface area contributed by atoms with Crippen LogP contribution in [0.25, 0.3) is 0 Å². The number of hydrogen-bond acceptors (Lipinski definition) is 6. The molecule has 8 nitrogen and oxygen atoms in total. The first-order valence-corrected chi connectivity index (χ1v) is 8.39. The van der Waals surface area contributed by atoms with Gasteiger partial charge in [0.1, 0.15) is 11.5 Å². The third kappa shape index (κ3) is 4.27. The predicted molar refractivity (Wildman–Crippen MR) is 97.7 cm³/mol. The molecule has 8 heteroatoms. The number of aliphatic hydroxyl groups excluding tert-OH is 1. The van der Waals surface area contributed by atoms with Crippen molar-refractivity contribution in [2.24, 2.45) is 0 Å². The number of aromatic nitrogens is 3. The van der Waals surface area contributed by atoms with Crippen molar-refractivity contribution in [3.05, 3.63) is 50.4 Å². The van der Waals surface area contributed by atoms with Gasteiger partial charge in [-0.05, 0) is 31.4 Å². The lowest BCUT2D eigenvalue weighted by atomic mass is 10.2. The third-order valence-electron chi connectivity index (χ3n) is 3.90. The number of nitrogens with zero attached hydrogens (tertiary/aromatic N) is 3. The molecule has 0 spiro atoms. The van der Waals surface area contributed by atoms with Crippen molar-refractivity contribution in [3.8, 4) is 0 Å². The summed E-state index contributed by atoms with van der Waals surface area (Å²) in [6, 6.07) is 3.80. The molecule has 0 saturated carbocycles. The minimum Gasteiger partial charge on any atom is -0.396 e. The van der Waals surface area contributed by atoms with Crippen LogP contribution in [0.1, 0.15) is 31.0 Å². The van der Waals surface area contributed by atoms with Gasteiger partial charge in [0, 0.05) is 38.1 Å². The maximum absolute atomic E-state index is 12.7. The molecule has 0 unspecified atom stereocenters. The van der Waals surface area contributed by atoms with E-state index in [4.69, 9.17) is 10.8 Å². The Kier molecular flexibility index (Phi) is 6.35. The highest BCUT2D eigenvalue weighted by Gasteiger charge is 2.16. The molecule has 0 amide bonds. The van der Waals surface area contributed by atoms with Crippen molar-refractivity contribution in [2.75, 3.05) is 17.7 Å². The normalized spacial score (nSPS) is 10.8. The minimum absolute atomic E-state index is 0.0954. The molecule has 2 aromatic rings. The monoisotopic (exact) mass is 347 g/mol. The van der Waals surface area contributed by atoms with Gasteiger partial charge in [0.2, 0.25) is 0 Å². The first-order valence-electron chi connectivity index (χ1n) is 8.39. The second kappa shape index (κ2) is 8.48. The highest BCUT2D eigenvalue weighted by Crippen LogP contribution is 2.13. The summed E-state index contributed by atoms with van der Waals surface area (Å²) in [5, 5.41) is 12.0. The van der Waals surface area contributed by atoms with Crippen LogP contribution in [0.2, 0.25) is 0 Å². The molecule has 0 aromatic carbocycles. The molecular formula is C17H25N5O3. The van der Waals surface area contributed by atoms with Gasteiger partial charge in [0.15, 0.2) is 0 Å². The van der Waals surface area contributed by atoms with E-state index in [0.29, 0.717) is 25.9 Å². The molecule has 2 rings (SSSR count). The van der Waals surface area contributed by atoms with Crippen LogP contribution in [0.5, 0.6) is 0 Å². The maximum atomic E-state index is 12.7. The van der Waals surface area contributed by atoms with Gasteiger partial charge in [-0.2, -0.15) is 0 Å². The number of aryl methyl sites for hydroxylation is 1. The molecule has 0 aliphatic rings. The number of rotatable bonds is 8. The number of nitrogen functional groups attached to an aromatic ring is 1. The van der Waals surface area contributed by atoms with Gasteiger partial charge in [-0.3, -0.25) is 18.9 Å². The van der Waals surface area contributed by atoms with Crippen LogP contribution in [0.15, 0.2) is 27.9 Å². The average molecular weight is 347 g/mol. The summed E-state index contributed by atoms with van der Waals surface area (Å²) in [5.41, 5.74) is 7.18. The fraction of sp³-hybridized carbons (Fsp3) is 0.471. The lowest BCUT2D eigenvalue weighted by molar-refractivity contribution is 0.277. The second-order valence-corrected chi connectivity index (χ2v) is 5.89. The Morgan fingerprint density at radius 1 is 1.24 bits per heavy atom. The van der Waals surface area contributed by atoms with Crippen LogP contribution in [0.4, 0.5) is 11.5 Å². The Hall–Kier alpha value is -2.61. The predicted octanol–water partition coefficient (Wildman–Crippen LogP) is 0.700. The highest BCUT2D eigenvalue weighted by molar-refractivity contribution is 5.60. The van der Waals surface area contributed by atoms with Crippen molar-refractivity contribution in [3.63, 3.8) is 0 Å². The zero-order valence-corrected chi connectivity index (χ0v) is 14.7. The number of aliphatic hydroxyl groups is 1. The van der Waals surface area contributed by atoms with E-state index in [-0.39, 0.29) is 24.7 Å². The van der Waals surface area contributed by atoms with Crippen molar-refractivity contribution < 1.29 is 5.11 Å². The molecule has 0 radical (unpaired) electrons. The highest BCUT2D eigenvalue weighted by atomic mass is 16.3. The van der Waals surface area contributed by atoms with Gasteiger partial charge in [-0.1, -0.05) is 13.0 Å². The van der Waals surface area contributed by atoms with Crippen LogP contribution in [-0.4, -0.2) is 25.8 Å². The molecule has 0 aliphatic heterocycles. The third-order valence-corrected chi connectivity index (χ3v) is 3.90. The zero-order valence-electron chi connectivity index (χ0n) is 14.7. The molecule has 0 bridgehead atoms. The number of nitrogens with two attached hydrogens (primary N) is 1. The molecule has 0 fully saturated rings.